The van der Waals surface area contributed by atoms with E-state index in [1.165, 1.54) is 15.9 Å². The number of aryl methyl sites for hydroxylation is 2. The van der Waals surface area contributed by atoms with E-state index in [2.05, 4.69) is 6.07 Å². The molecule has 1 unspecified atom stereocenters. The van der Waals surface area contributed by atoms with Gasteiger partial charge in [0.1, 0.15) is 10.5 Å². The number of nitrogens with two attached hydrogens (primary N) is 1. The van der Waals surface area contributed by atoms with Gasteiger partial charge >= 0.3 is 5.97 Å². The number of carbonyl (C=O) groups excluding carboxylic acids is 1. The van der Waals surface area contributed by atoms with Crippen LogP contribution in [0.2, 0.25) is 0 Å². The summed E-state index contributed by atoms with van der Waals surface area (Å²) >= 11 is 1.17. The Morgan fingerprint density at radius 3 is 2.33 bits per heavy atom. The molecule has 7 heteroatoms. The number of esters is 1. The largest absolute Gasteiger partial charge is 0.463 e. The van der Waals surface area contributed by atoms with Crippen LogP contribution in [0.3, 0.4) is 0 Å². The molecule has 0 aliphatic carbocycles. The number of carbonyl (C=O) groups is 1. The number of thiazole rings is 1. The zero-order valence-corrected chi connectivity index (χ0v) is 19.4. The highest BCUT2D eigenvalue weighted by Crippen LogP contribution is 2.36. The molecular weight excluding hydrogens is 434 g/mol. The normalized spacial score (nSPS) is 15.9. The summed E-state index contributed by atoms with van der Waals surface area (Å²) in [5.74, 6) is -1.25. The van der Waals surface area contributed by atoms with Crippen molar-refractivity contribution in [3.05, 3.63) is 95.9 Å². The molecule has 1 aliphatic heterocycles. The smallest absolute Gasteiger partial charge is 0.338 e. The summed E-state index contributed by atoms with van der Waals surface area (Å²) in [5, 5.41) is 9.99. The zero-order valence-electron chi connectivity index (χ0n) is 18.6. The highest BCUT2D eigenvalue weighted by atomic mass is 32.1. The van der Waals surface area contributed by atoms with Crippen molar-refractivity contribution in [2.24, 2.45) is 5.73 Å². The zero-order chi connectivity index (χ0) is 23.7. The molecule has 2 aromatic carbocycles. The molecule has 6 nitrogen and oxygen atoms in total. The minimum atomic E-state index is -0.722. The Kier molecular flexibility index (Phi) is 6.03. The first kappa shape index (κ1) is 22.3. The van der Waals surface area contributed by atoms with E-state index < -0.39 is 11.9 Å². The number of hydrogen-bond donors (Lipinski definition) is 1. The van der Waals surface area contributed by atoms with Crippen LogP contribution in [0, 0.1) is 25.2 Å². The summed E-state index contributed by atoms with van der Waals surface area (Å²) in [6, 6.07) is 17.5. The van der Waals surface area contributed by atoms with Gasteiger partial charge in [-0.25, -0.2) is 4.79 Å². The maximum Gasteiger partial charge on any atom is 0.338 e. The fourth-order valence-electron chi connectivity index (χ4n) is 3.86. The number of nitrogens with zero attached hydrogens (tertiary/aromatic N) is 2. The van der Waals surface area contributed by atoms with Crippen LogP contribution in [0.5, 0.6) is 0 Å². The summed E-state index contributed by atoms with van der Waals surface area (Å²) in [5.41, 5.74) is 10.1. The average molecular weight is 458 g/mol. The Hall–Kier alpha value is -3.89. The van der Waals surface area contributed by atoms with Gasteiger partial charge < -0.3 is 10.5 Å². The molecular formula is C26H23N3O3S. The quantitative estimate of drug-likeness (QED) is 0.607. The minimum Gasteiger partial charge on any atom is -0.463 e. The van der Waals surface area contributed by atoms with Crippen molar-refractivity contribution in [1.29, 1.82) is 5.26 Å². The molecule has 0 bridgehead atoms. The van der Waals surface area contributed by atoms with Gasteiger partial charge in [0.25, 0.3) is 5.56 Å². The molecule has 0 amide bonds. The number of benzene rings is 2. The number of allylic oxidation sites excluding steroid dienone is 1. The molecule has 1 atom stereocenters. The number of ether oxygens (including phenoxy) is 1. The first-order valence-corrected chi connectivity index (χ1v) is 11.4. The van der Waals surface area contributed by atoms with Gasteiger partial charge in [-0.15, -0.1) is 11.3 Å². The summed E-state index contributed by atoms with van der Waals surface area (Å²) in [6.07, 6.45) is 1.76. The van der Waals surface area contributed by atoms with Crippen LogP contribution < -0.4 is 20.5 Å². The lowest BCUT2D eigenvalue weighted by Crippen LogP contribution is -2.40. The van der Waals surface area contributed by atoms with Gasteiger partial charge in [-0.2, -0.15) is 5.26 Å². The predicted molar refractivity (Wildman–Crippen MR) is 130 cm³/mol. The van der Waals surface area contributed by atoms with Crippen LogP contribution >= 0.6 is 11.3 Å². The average Bonchev–Trinajstić information content (AvgIpc) is 3.11. The maximum absolute atomic E-state index is 13.3. The molecule has 0 spiro atoms. The van der Waals surface area contributed by atoms with E-state index in [9.17, 15) is 14.9 Å². The number of nitriles is 1. The van der Waals surface area contributed by atoms with Gasteiger partial charge in [-0.05, 0) is 38.0 Å². The van der Waals surface area contributed by atoms with Crippen LogP contribution in [-0.2, 0) is 9.53 Å². The SMILES string of the molecule is CCOC(=O)C1=c2sc(=Cc3ccc(C)cc3)c(=O)n2C(N)=C(C#N)C1c1ccc(C)cc1. The van der Waals surface area contributed by atoms with Gasteiger partial charge in [0, 0.05) is 0 Å². The van der Waals surface area contributed by atoms with Crippen molar-refractivity contribution in [1.82, 2.24) is 4.57 Å². The van der Waals surface area contributed by atoms with Gasteiger partial charge in [0.05, 0.1) is 34.3 Å². The van der Waals surface area contributed by atoms with Crippen molar-refractivity contribution in [2.45, 2.75) is 26.7 Å². The van der Waals surface area contributed by atoms with Crippen LogP contribution in [0.4, 0.5) is 0 Å². The Labute approximate surface area is 195 Å². The first-order valence-electron chi connectivity index (χ1n) is 10.5. The third kappa shape index (κ3) is 4.01. The molecule has 0 radical (unpaired) electrons. The van der Waals surface area contributed by atoms with Crippen LogP contribution in [-0.4, -0.2) is 17.1 Å². The number of fused-ring (bicyclic) bond motifs is 1. The van der Waals surface area contributed by atoms with Crippen molar-refractivity contribution in [3.8, 4) is 6.07 Å². The van der Waals surface area contributed by atoms with Crippen molar-refractivity contribution < 1.29 is 9.53 Å². The van der Waals surface area contributed by atoms with E-state index in [0.29, 0.717) is 9.20 Å². The second-order valence-electron chi connectivity index (χ2n) is 7.86. The third-order valence-corrected chi connectivity index (χ3v) is 6.66. The van der Waals surface area contributed by atoms with Crippen molar-refractivity contribution >= 4 is 34.8 Å². The van der Waals surface area contributed by atoms with E-state index >= 15 is 0 Å². The molecule has 4 rings (SSSR count). The summed E-state index contributed by atoms with van der Waals surface area (Å²) < 4.78 is 7.42. The first-order chi connectivity index (χ1) is 15.8. The topological polar surface area (TPSA) is 98.1 Å². The summed E-state index contributed by atoms with van der Waals surface area (Å²) in [6.45, 7) is 5.83. The lowest BCUT2D eigenvalue weighted by atomic mass is 9.83. The monoisotopic (exact) mass is 457 g/mol. The van der Waals surface area contributed by atoms with Crippen LogP contribution in [0.15, 0.2) is 58.9 Å². The molecule has 1 aliphatic rings. The highest BCUT2D eigenvalue weighted by Gasteiger charge is 2.36. The van der Waals surface area contributed by atoms with E-state index in [-0.39, 0.29) is 29.1 Å². The van der Waals surface area contributed by atoms with E-state index in [1.54, 1.807) is 13.0 Å². The molecule has 0 saturated carbocycles. The molecule has 3 aromatic rings. The van der Waals surface area contributed by atoms with Crippen LogP contribution in [0.1, 0.15) is 35.1 Å². The maximum atomic E-state index is 13.3. The Bertz CT molecular complexity index is 1480. The highest BCUT2D eigenvalue weighted by molar-refractivity contribution is 7.07. The van der Waals surface area contributed by atoms with Gasteiger partial charge in [0.2, 0.25) is 0 Å². The van der Waals surface area contributed by atoms with Crippen LogP contribution in [0.25, 0.3) is 17.5 Å². The fourth-order valence-corrected chi connectivity index (χ4v) is 5.03. The molecule has 2 heterocycles. The molecule has 0 saturated heterocycles. The second-order valence-corrected chi connectivity index (χ2v) is 8.89. The number of aromatic nitrogens is 1. The molecule has 33 heavy (non-hydrogen) atoms. The van der Waals surface area contributed by atoms with Crippen molar-refractivity contribution in [2.75, 3.05) is 6.61 Å². The molecule has 1 aromatic heterocycles. The fraction of sp³-hybridized carbons (Fsp3) is 0.192. The summed E-state index contributed by atoms with van der Waals surface area (Å²) in [4.78, 5) is 26.5. The number of hydrogen-bond acceptors (Lipinski definition) is 6. The molecule has 0 fully saturated rings. The van der Waals surface area contributed by atoms with Gasteiger partial charge in [-0.1, -0.05) is 59.7 Å². The van der Waals surface area contributed by atoms with E-state index in [1.807, 2.05) is 62.4 Å². The number of rotatable bonds is 4. The lowest BCUT2D eigenvalue weighted by Gasteiger charge is -2.24. The standard InChI is InChI=1S/C26H23N3O3S/c1-4-32-26(31)22-21(18-11-7-16(3)8-12-18)19(14-27)23(28)29-24(30)20(33-25(22)29)13-17-9-5-15(2)6-10-17/h5-13,21H,4,28H2,1-3H3. The van der Waals surface area contributed by atoms with E-state index in [4.69, 9.17) is 10.5 Å². The second kappa shape index (κ2) is 8.93. The minimum absolute atomic E-state index is 0.0379. The van der Waals surface area contributed by atoms with Gasteiger partial charge in [0.15, 0.2) is 0 Å². The Morgan fingerprint density at radius 2 is 1.76 bits per heavy atom. The molecule has 166 valence electrons. The van der Waals surface area contributed by atoms with Crippen molar-refractivity contribution in [3.63, 3.8) is 0 Å². The third-order valence-electron chi connectivity index (χ3n) is 5.55. The predicted octanol–water partition coefficient (Wildman–Crippen LogP) is 2.52. The lowest BCUT2D eigenvalue weighted by molar-refractivity contribution is -0.136. The Morgan fingerprint density at radius 1 is 1.15 bits per heavy atom. The Balaban J connectivity index is 2.08. The molecule has 2 N–H and O–H groups in total. The summed E-state index contributed by atoms with van der Waals surface area (Å²) in [7, 11) is 0. The van der Waals surface area contributed by atoms with Gasteiger partial charge in [-0.3, -0.25) is 9.36 Å². The van der Waals surface area contributed by atoms with E-state index in [0.717, 1.165) is 22.3 Å².